The largest absolute Gasteiger partial charge is 0.465 e. The predicted octanol–water partition coefficient (Wildman–Crippen LogP) is 6.02. The topological polar surface area (TPSA) is 46.6 Å². The highest BCUT2D eigenvalue weighted by atomic mass is 35.5. The van der Waals surface area contributed by atoms with Crippen molar-refractivity contribution in [3.63, 3.8) is 0 Å². The maximum Gasteiger partial charge on any atom is 0.340 e. The van der Waals surface area contributed by atoms with Crippen molar-refractivity contribution in [1.82, 2.24) is 0 Å². The van der Waals surface area contributed by atoms with Gasteiger partial charge in [-0.2, -0.15) is 0 Å². The van der Waals surface area contributed by atoms with Gasteiger partial charge in [-0.1, -0.05) is 65.7 Å². The number of fused-ring (bicyclic) bond motifs is 1. The van der Waals surface area contributed by atoms with Crippen LogP contribution in [0.3, 0.4) is 0 Å². The zero-order chi connectivity index (χ0) is 21.4. The second-order valence-corrected chi connectivity index (χ2v) is 7.64. The molecule has 1 amide bonds. The van der Waals surface area contributed by atoms with E-state index in [1.807, 2.05) is 42.5 Å². The van der Waals surface area contributed by atoms with Gasteiger partial charge >= 0.3 is 5.97 Å². The lowest BCUT2D eigenvalue weighted by atomic mass is 10.0. The highest BCUT2D eigenvalue weighted by Gasteiger charge is 2.38. The molecule has 4 rings (SSSR count). The van der Waals surface area contributed by atoms with Gasteiger partial charge in [-0.05, 0) is 42.1 Å². The third-order valence-electron chi connectivity index (χ3n) is 5.05. The Hall–Kier alpha value is -3.08. The third kappa shape index (κ3) is 3.38. The van der Waals surface area contributed by atoms with Crippen LogP contribution < -0.4 is 4.90 Å². The average Bonchev–Trinajstić information content (AvgIpc) is 2.99. The molecule has 1 heterocycles. The van der Waals surface area contributed by atoms with E-state index in [4.69, 9.17) is 27.9 Å². The first-order valence-corrected chi connectivity index (χ1v) is 9.96. The van der Waals surface area contributed by atoms with Crippen molar-refractivity contribution in [3.05, 3.63) is 93.1 Å². The summed E-state index contributed by atoms with van der Waals surface area (Å²) >= 11 is 12.1. The summed E-state index contributed by atoms with van der Waals surface area (Å²) in [6, 6.07) is 18.5. The number of amides is 1. The monoisotopic (exact) mass is 437 g/mol. The van der Waals surface area contributed by atoms with Crippen molar-refractivity contribution >= 4 is 57.6 Å². The van der Waals surface area contributed by atoms with Gasteiger partial charge in [-0.15, -0.1) is 0 Å². The molecule has 0 saturated carbocycles. The Labute approximate surface area is 184 Å². The molecule has 6 heteroatoms. The number of nitrogens with zero attached hydrogens (tertiary/aromatic N) is 1. The Morgan fingerprint density at radius 1 is 1.00 bits per heavy atom. The van der Waals surface area contributed by atoms with E-state index >= 15 is 0 Å². The first-order chi connectivity index (χ1) is 14.4. The molecule has 1 aliphatic heterocycles. The van der Waals surface area contributed by atoms with E-state index in [9.17, 15) is 9.59 Å². The van der Waals surface area contributed by atoms with Gasteiger partial charge in [0.25, 0.3) is 5.91 Å². The Morgan fingerprint density at radius 2 is 1.73 bits per heavy atom. The van der Waals surface area contributed by atoms with Crippen LogP contribution in [0.1, 0.15) is 12.5 Å². The maximum atomic E-state index is 13.5. The number of methoxy groups -OCH3 is 1. The fourth-order valence-electron chi connectivity index (χ4n) is 3.64. The summed E-state index contributed by atoms with van der Waals surface area (Å²) in [6.07, 6.45) is 1.63. The van der Waals surface area contributed by atoms with Gasteiger partial charge in [0, 0.05) is 11.1 Å². The third-order valence-corrected chi connectivity index (χ3v) is 5.79. The van der Waals surface area contributed by atoms with Crippen molar-refractivity contribution in [2.75, 3.05) is 12.0 Å². The van der Waals surface area contributed by atoms with E-state index < -0.39 is 5.97 Å². The lowest BCUT2D eigenvalue weighted by molar-refractivity contribution is -0.136. The highest BCUT2D eigenvalue weighted by molar-refractivity contribution is 6.42. The minimum absolute atomic E-state index is 0.224. The predicted molar refractivity (Wildman–Crippen MR) is 121 cm³/mol. The lowest BCUT2D eigenvalue weighted by Crippen LogP contribution is -2.24. The first-order valence-electron chi connectivity index (χ1n) is 9.21. The molecule has 1 aliphatic rings. The van der Waals surface area contributed by atoms with E-state index in [0.717, 1.165) is 10.8 Å². The zero-order valence-electron chi connectivity index (χ0n) is 16.3. The lowest BCUT2D eigenvalue weighted by Gasteiger charge is -2.20. The number of hydrogen-bond donors (Lipinski definition) is 0. The Morgan fingerprint density at radius 3 is 2.47 bits per heavy atom. The van der Waals surface area contributed by atoms with Crippen LogP contribution in [0.15, 0.2) is 77.5 Å². The summed E-state index contributed by atoms with van der Waals surface area (Å²) in [5, 5.41) is 2.68. The van der Waals surface area contributed by atoms with Gasteiger partial charge < -0.3 is 4.74 Å². The van der Waals surface area contributed by atoms with Crippen LogP contribution in [0, 0.1) is 0 Å². The second-order valence-electron chi connectivity index (χ2n) is 6.82. The molecule has 4 nitrogen and oxygen atoms in total. The molecule has 0 atom stereocenters. The number of hydrogen-bond acceptors (Lipinski definition) is 3. The molecule has 0 spiro atoms. The van der Waals surface area contributed by atoms with Gasteiger partial charge in [0.1, 0.15) is 0 Å². The van der Waals surface area contributed by atoms with E-state index in [0.29, 0.717) is 27.0 Å². The molecular weight excluding hydrogens is 421 g/mol. The molecule has 3 aromatic rings. The van der Waals surface area contributed by atoms with Crippen LogP contribution in [-0.4, -0.2) is 19.0 Å². The van der Waals surface area contributed by atoms with Crippen molar-refractivity contribution < 1.29 is 14.3 Å². The Bertz CT molecular complexity index is 1260. The number of halogens is 2. The molecule has 0 aliphatic carbocycles. The molecule has 0 unspecified atom stereocenters. The zero-order valence-corrected chi connectivity index (χ0v) is 17.8. The van der Waals surface area contributed by atoms with Gasteiger partial charge in [-0.25, -0.2) is 4.79 Å². The van der Waals surface area contributed by atoms with E-state index in [1.165, 1.54) is 7.11 Å². The van der Waals surface area contributed by atoms with Gasteiger partial charge in [-0.3, -0.25) is 9.69 Å². The molecule has 0 N–H and O–H groups in total. The standard InChI is InChI=1S/C24H17Cl2NO3/c1-14-22(24(29)30-2)18(12-15-10-11-19(25)20(26)13-15)23(28)27(14)21-9-5-7-16-6-3-4-8-17(16)21/h3-13H,1-2H3. The Kier molecular flexibility index (Phi) is 5.37. The van der Waals surface area contributed by atoms with Crippen LogP contribution >= 0.6 is 23.2 Å². The number of esters is 1. The van der Waals surface area contributed by atoms with E-state index in [2.05, 4.69) is 0 Å². The number of allylic oxidation sites excluding steroid dienone is 1. The van der Waals surface area contributed by atoms with Gasteiger partial charge in [0.15, 0.2) is 0 Å². The van der Waals surface area contributed by atoms with Crippen molar-refractivity contribution in [2.24, 2.45) is 0 Å². The number of ether oxygens (including phenoxy) is 1. The SMILES string of the molecule is COC(=O)C1=C(C)N(c2cccc3ccccc23)C(=O)C1=Cc1ccc(Cl)c(Cl)c1. The Balaban J connectivity index is 1.91. The summed E-state index contributed by atoms with van der Waals surface area (Å²) in [7, 11) is 1.30. The van der Waals surface area contributed by atoms with Crippen molar-refractivity contribution in [1.29, 1.82) is 0 Å². The summed E-state index contributed by atoms with van der Waals surface area (Å²) in [5.41, 5.74) is 2.33. The van der Waals surface area contributed by atoms with Crippen LogP contribution in [0.4, 0.5) is 5.69 Å². The fraction of sp³-hybridized carbons (Fsp3) is 0.0833. The number of benzene rings is 3. The van der Waals surface area contributed by atoms with E-state index in [-0.39, 0.29) is 17.1 Å². The molecule has 0 aromatic heterocycles. The van der Waals surface area contributed by atoms with Crippen molar-refractivity contribution in [2.45, 2.75) is 6.92 Å². The fourth-order valence-corrected chi connectivity index (χ4v) is 3.95. The summed E-state index contributed by atoms with van der Waals surface area (Å²) in [5.74, 6) is -0.884. The molecule has 30 heavy (non-hydrogen) atoms. The first kappa shape index (κ1) is 20.2. The molecule has 150 valence electrons. The van der Waals surface area contributed by atoms with Crippen LogP contribution in [0.2, 0.25) is 10.0 Å². The molecule has 0 bridgehead atoms. The summed E-state index contributed by atoms with van der Waals surface area (Å²) < 4.78 is 4.97. The number of carbonyl (C=O) groups excluding carboxylic acids is 2. The second kappa shape index (κ2) is 7.98. The molecule has 0 saturated heterocycles. The van der Waals surface area contributed by atoms with Crippen LogP contribution in [-0.2, 0) is 14.3 Å². The number of carbonyl (C=O) groups is 2. The smallest absolute Gasteiger partial charge is 0.340 e. The molecule has 3 aromatic carbocycles. The number of anilines is 1. The van der Waals surface area contributed by atoms with Gasteiger partial charge in [0.05, 0.1) is 34.0 Å². The number of rotatable bonds is 3. The molecular formula is C24H17Cl2NO3. The quantitative estimate of drug-likeness (QED) is 0.371. The van der Waals surface area contributed by atoms with Crippen LogP contribution in [0.5, 0.6) is 0 Å². The minimum atomic E-state index is -0.574. The average molecular weight is 438 g/mol. The highest BCUT2D eigenvalue weighted by Crippen LogP contribution is 2.38. The summed E-state index contributed by atoms with van der Waals surface area (Å²) in [4.78, 5) is 27.6. The van der Waals surface area contributed by atoms with Crippen LogP contribution in [0.25, 0.3) is 16.8 Å². The molecule has 0 radical (unpaired) electrons. The van der Waals surface area contributed by atoms with Gasteiger partial charge in [0.2, 0.25) is 0 Å². The van der Waals surface area contributed by atoms with Crippen molar-refractivity contribution in [3.8, 4) is 0 Å². The minimum Gasteiger partial charge on any atom is -0.465 e. The van der Waals surface area contributed by atoms with E-state index in [1.54, 1.807) is 36.1 Å². The normalized spacial score (nSPS) is 15.4. The molecule has 0 fully saturated rings. The maximum absolute atomic E-state index is 13.5. The summed E-state index contributed by atoms with van der Waals surface area (Å²) in [6.45, 7) is 1.74.